The maximum Gasteiger partial charge on any atom is 0.297 e. The molecular formula is C58H46BN3O2. The van der Waals surface area contributed by atoms with Crippen LogP contribution in [0.5, 0.6) is 0 Å². The minimum atomic E-state index is -0.185. The van der Waals surface area contributed by atoms with E-state index in [1.165, 1.54) is 28.5 Å². The summed E-state index contributed by atoms with van der Waals surface area (Å²) in [6.45, 7) is 9.45. The first-order valence-electron chi connectivity index (χ1n) is 22.6. The van der Waals surface area contributed by atoms with Gasteiger partial charge in [0.15, 0.2) is 5.58 Å². The molecule has 0 saturated carbocycles. The van der Waals surface area contributed by atoms with Crippen LogP contribution in [0, 0.1) is 0 Å². The smallest absolute Gasteiger partial charge is 0.297 e. The highest BCUT2D eigenvalue weighted by Gasteiger charge is 2.47. The van der Waals surface area contributed by atoms with Crippen LogP contribution < -0.4 is 31.3 Å². The van der Waals surface area contributed by atoms with Gasteiger partial charge in [0.25, 0.3) is 6.71 Å². The van der Waals surface area contributed by atoms with Gasteiger partial charge in [0.05, 0.1) is 17.0 Å². The number of nitrogens with zero attached hydrogens (tertiary/aromatic N) is 3. The van der Waals surface area contributed by atoms with Crippen molar-refractivity contribution in [2.45, 2.75) is 51.4 Å². The summed E-state index contributed by atoms with van der Waals surface area (Å²) in [5, 5.41) is 3.31. The third-order valence-electron chi connectivity index (χ3n) is 14.5. The van der Waals surface area contributed by atoms with E-state index in [9.17, 15) is 0 Å². The molecule has 5 nitrogen and oxygen atoms in total. The van der Waals surface area contributed by atoms with E-state index < -0.39 is 0 Å². The molecule has 10 aromatic rings. The number of para-hydroxylation sites is 5. The summed E-state index contributed by atoms with van der Waals surface area (Å²) < 4.78 is 14.1. The zero-order valence-corrected chi connectivity index (χ0v) is 36.5. The van der Waals surface area contributed by atoms with Crippen molar-refractivity contribution in [2.75, 3.05) is 14.7 Å². The van der Waals surface area contributed by atoms with Gasteiger partial charge in [-0.3, -0.25) is 0 Å². The second-order valence-corrected chi connectivity index (χ2v) is 19.1. The number of benzene rings is 8. The molecule has 2 aromatic heterocycles. The Balaban J connectivity index is 1.11. The van der Waals surface area contributed by atoms with Gasteiger partial charge in [-0.2, -0.15) is 0 Å². The number of furan rings is 2. The van der Waals surface area contributed by atoms with Crippen molar-refractivity contribution < 1.29 is 8.83 Å². The lowest BCUT2D eigenvalue weighted by Crippen LogP contribution is -2.61. The van der Waals surface area contributed by atoms with Crippen LogP contribution in [-0.4, -0.2) is 6.71 Å². The van der Waals surface area contributed by atoms with E-state index in [0.717, 1.165) is 96.2 Å². The lowest BCUT2D eigenvalue weighted by Gasteiger charge is -2.44. The van der Waals surface area contributed by atoms with Crippen molar-refractivity contribution in [3.8, 4) is 0 Å². The maximum absolute atomic E-state index is 7.21. The second-order valence-electron chi connectivity index (χ2n) is 19.1. The summed E-state index contributed by atoms with van der Waals surface area (Å²) in [6, 6.07) is 65.9. The van der Waals surface area contributed by atoms with E-state index in [0.29, 0.717) is 0 Å². The number of anilines is 9. The van der Waals surface area contributed by atoms with Crippen molar-refractivity contribution in [2.24, 2.45) is 0 Å². The van der Waals surface area contributed by atoms with Crippen LogP contribution in [0.3, 0.4) is 0 Å². The zero-order valence-electron chi connectivity index (χ0n) is 36.5. The van der Waals surface area contributed by atoms with Crippen LogP contribution in [0.4, 0.5) is 51.2 Å². The summed E-state index contributed by atoms with van der Waals surface area (Å²) in [5.41, 5.74) is 18.8. The zero-order chi connectivity index (χ0) is 42.9. The fourth-order valence-electron chi connectivity index (χ4n) is 11.2. The first-order chi connectivity index (χ1) is 31.2. The predicted octanol–water partition coefficient (Wildman–Crippen LogP) is 14.2. The first-order valence-corrected chi connectivity index (χ1v) is 22.6. The quantitative estimate of drug-likeness (QED) is 0.162. The molecule has 0 radical (unpaired) electrons. The van der Waals surface area contributed by atoms with Crippen molar-refractivity contribution in [3.63, 3.8) is 0 Å². The summed E-state index contributed by atoms with van der Waals surface area (Å²) in [7, 11) is 0. The molecule has 4 heterocycles. The molecule has 3 aliphatic rings. The second kappa shape index (κ2) is 13.5. The topological polar surface area (TPSA) is 36.0 Å². The average molecular weight is 828 g/mol. The Morgan fingerprint density at radius 3 is 1.80 bits per heavy atom. The van der Waals surface area contributed by atoms with Gasteiger partial charge in [0.1, 0.15) is 11.2 Å². The molecule has 0 saturated heterocycles. The standard InChI is InChI=1S/C58H46BN3O2/c1-57(2)33-34-58(3,4)45-35-39(29-31-44(45)57)61-47-24-16-25-48-53(47)59(56-54(61)43-22-12-14-28-52(43)64-56)46-32-30-40(60(37-17-7-5-8-18-37)38-19-9-6-10-20-38)36-50(46)62(48)49-26-15-23-42-41-21-11-13-27-51(41)63-55(42)49/h5-32,35-36H,33-34H2,1-4H3. The molecule has 0 N–H and O–H groups in total. The van der Waals surface area contributed by atoms with Crippen molar-refractivity contribution >= 4 is 107 Å². The largest absolute Gasteiger partial charge is 0.468 e. The van der Waals surface area contributed by atoms with Crippen molar-refractivity contribution in [1.82, 2.24) is 0 Å². The van der Waals surface area contributed by atoms with Crippen LogP contribution in [0.2, 0.25) is 0 Å². The number of fused-ring (bicyclic) bond motifs is 10. The summed E-state index contributed by atoms with van der Waals surface area (Å²) in [4.78, 5) is 7.30. The normalized spacial score (nSPS) is 15.5. The molecule has 0 fully saturated rings. The Labute approximate surface area is 373 Å². The third-order valence-corrected chi connectivity index (χ3v) is 14.5. The minimum absolute atomic E-state index is 0.0443. The van der Waals surface area contributed by atoms with Gasteiger partial charge in [-0.1, -0.05) is 125 Å². The molecule has 0 spiro atoms. The minimum Gasteiger partial charge on any atom is -0.468 e. The fraction of sp³-hybridized carbons (Fsp3) is 0.138. The molecule has 0 atom stereocenters. The third kappa shape index (κ3) is 5.32. The summed E-state index contributed by atoms with van der Waals surface area (Å²) in [6.07, 6.45) is 2.32. The molecule has 2 aliphatic heterocycles. The maximum atomic E-state index is 7.21. The number of rotatable bonds is 5. The SMILES string of the molecule is CC1(C)CCC(C)(C)c2cc(N3c4cccc5c4B(c4ccc(N(c6ccccc6)c6ccccc6)cc4N5c4cccc5c4oc4ccccc45)c4oc5ccccc5c43)ccc21. The van der Waals surface area contributed by atoms with E-state index in [1.807, 2.05) is 0 Å². The van der Waals surface area contributed by atoms with E-state index in [2.05, 4.69) is 224 Å². The number of hydrogen-bond acceptors (Lipinski definition) is 5. The van der Waals surface area contributed by atoms with Crippen molar-refractivity contribution in [1.29, 1.82) is 0 Å². The molecule has 0 unspecified atom stereocenters. The highest BCUT2D eigenvalue weighted by atomic mass is 16.3. The Hall–Kier alpha value is -7.44. The van der Waals surface area contributed by atoms with Gasteiger partial charge < -0.3 is 23.5 Å². The van der Waals surface area contributed by atoms with Crippen LogP contribution in [0.25, 0.3) is 32.9 Å². The molecule has 8 aromatic carbocycles. The van der Waals surface area contributed by atoms with Crippen LogP contribution >= 0.6 is 0 Å². The summed E-state index contributed by atoms with van der Waals surface area (Å²) >= 11 is 0. The van der Waals surface area contributed by atoms with Gasteiger partial charge in [-0.25, -0.2) is 0 Å². The van der Waals surface area contributed by atoms with E-state index in [4.69, 9.17) is 8.83 Å². The molecule has 0 amide bonds. The van der Waals surface area contributed by atoms with E-state index in [1.54, 1.807) is 0 Å². The van der Waals surface area contributed by atoms with Gasteiger partial charge in [-0.05, 0) is 131 Å². The predicted molar refractivity (Wildman–Crippen MR) is 267 cm³/mol. The molecular weight excluding hydrogens is 781 g/mol. The Morgan fingerprint density at radius 1 is 0.469 bits per heavy atom. The lowest BCUT2D eigenvalue weighted by atomic mass is 9.35. The average Bonchev–Trinajstić information content (AvgIpc) is 3.90. The highest BCUT2D eigenvalue weighted by molar-refractivity contribution is 7.00. The molecule has 64 heavy (non-hydrogen) atoms. The van der Waals surface area contributed by atoms with Crippen LogP contribution in [0.15, 0.2) is 191 Å². The fourth-order valence-corrected chi connectivity index (χ4v) is 11.2. The molecule has 6 heteroatoms. The van der Waals surface area contributed by atoms with Gasteiger partial charge >= 0.3 is 0 Å². The molecule has 13 rings (SSSR count). The van der Waals surface area contributed by atoms with E-state index >= 15 is 0 Å². The van der Waals surface area contributed by atoms with Crippen molar-refractivity contribution in [3.05, 3.63) is 193 Å². The summed E-state index contributed by atoms with van der Waals surface area (Å²) in [5.74, 6) is 0. The Bertz CT molecular complexity index is 3460. The monoisotopic (exact) mass is 827 g/mol. The van der Waals surface area contributed by atoms with Crippen LogP contribution in [0.1, 0.15) is 51.7 Å². The van der Waals surface area contributed by atoms with Gasteiger partial charge in [-0.15, -0.1) is 0 Å². The first kappa shape index (κ1) is 37.1. The van der Waals surface area contributed by atoms with E-state index in [-0.39, 0.29) is 17.5 Å². The molecule has 0 bridgehead atoms. The van der Waals surface area contributed by atoms with Crippen LogP contribution in [-0.2, 0) is 10.8 Å². The Morgan fingerprint density at radius 2 is 1.06 bits per heavy atom. The Kier molecular flexibility index (Phi) is 7.86. The highest BCUT2D eigenvalue weighted by Crippen LogP contribution is 2.52. The number of hydrogen-bond donors (Lipinski definition) is 0. The molecule has 1 aliphatic carbocycles. The van der Waals surface area contributed by atoms with Gasteiger partial charge in [0.2, 0.25) is 0 Å². The molecule has 308 valence electrons. The lowest BCUT2D eigenvalue weighted by molar-refractivity contribution is 0.332. The van der Waals surface area contributed by atoms with Gasteiger partial charge in [0, 0.05) is 56.0 Å².